The minimum absolute atomic E-state index is 0.133. The van der Waals surface area contributed by atoms with Gasteiger partial charge in [0.15, 0.2) is 11.6 Å². The van der Waals surface area contributed by atoms with Crippen LogP contribution >= 0.6 is 0 Å². The van der Waals surface area contributed by atoms with Crippen molar-refractivity contribution in [2.75, 3.05) is 0 Å². The number of rotatable bonds is 3. The van der Waals surface area contributed by atoms with E-state index in [1.807, 2.05) is 66.7 Å². The molecule has 4 atom stereocenters. The number of ketones is 2. The topological polar surface area (TPSA) is 91.8 Å². The monoisotopic (exact) mass is 529 g/mol. The van der Waals surface area contributed by atoms with Crippen molar-refractivity contribution in [2.45, 2.75) is 32.2 Å². The molecule has 40 heavy (non-hydrogen) atoms. The van der Waals surface area contributed by atoms with Gasteiger partial charge in [-0.2, -0.15) is 0 Å². The summed E-state index contributed by atoms with van der Waals surface area (Å²) >= 11 is 0. The molecule has 0 radical (unpaired) electrons. The Morgan fingerprint density at radius 1 is 0.850 bits per heavy atom. The van der Waals surface area contributed by atoms with Gasteiger partial charge >= 0.3 is 0 Å². The third-order valence-electron chi connectivity index (χ3n) is 9.08. The Balaban J connectivity index is 1.38. The van der Waals surface area contributed by atoms with Gasteiger partial charge in [-0.15, -0.1) is 0 Å². The smallest absolute Gasteiger partial charge is 0.234 e. The Morgan fingerprint density at radius 3 is 2.35 bits per heavy atom. The molecule has 1 saturated heterocycles. The Morgan fingerprint density at radius 2 is 1.57 bits per heavy atom. The van der Waals surface area contributed by atoms with Crippen LogP contribution in [0.4, 0.5) is 0 Å². The van der Waals surface area contributed by atoms with Gasteiger partial charge < -0.3 is 5.11 Å². The molecule has 198 valence electrons. The first kappa shape index (κ1) is 24.5. The van der Waals surface area contributed by atoms with Gasteiger partial charge in [0.2, 0.25) is 11.8 Å². The summed E-state index contributed by atoms with van der Waals surface area (Å²) in [5, 5.41) is 12.0. The zero-order valence-corrected chi connectivity index (χ0v) is 22.0. The number of phenols is 1. The van der Waals surface area contributed by atoms with Crippen LogP contribution in [0.1, 0.15) is 36.8 Å². The summed E-state index contributed by atoms with van der Waals surface area (Å²) in [5.74, 6) is -2.65. The third kappa shape index (κ3) is 3.48. The molecule has 3 aliphatic carbocycles. The number of aromatic hydroxyl groups is 1. The van der Waals surface area contributed by atoms with E-state index in [0.29, 0.717) is 28.5 Å². The molecule has 0 spiro atoms. The second-order valence-electron chi connectivity index (χ2n) is 11.2. The predicted molar refractivity (Wildman–Crippen MR) is 149 cm³/mol. The van der Waals surface area contributed by atoms with Gasteiger partial charge in [0.05, 0.1) is 18.4 Å². The minimum Gasteiger partial charge on any atom is -0.507 e. The van der Waals surface area contributed by atoms with Crippen molar-refractivity contribution >= 4 is 34.2 Å². The van der Waals surface area contributed by atoms with E-state index in [2.05, 4.69) is 0 Å². The fourth-order valence-corrected chi connectivity index (χ4v) is 7.28. The van der Waals surface area contributed by atoms with Crippen molar-refractivity contribution in [3.63, 3.8) is 0 Å². The van der Waals surface area contributed by atoms with Crippen LogP contribution in [0.3, 0.4) is 0 Å². The van der Waals surface area contributed by atoms with Crippen molar-refractivity contribution in [2.24, 2.45) is 17.8 Å². The molecule has 0 bridgehead atoms. The molecule has 2 amide bonds. The zero-order chi connectivity index (χ0) is 27.7. The van der Waals surface area contributed by atoms with Crippen molar-refractivity contribution in [1.82, 2.24) is 4.90 Å². The SMILES string of the molecule is CC1=CC(=O)C2=C(C[C@@H]3C(=CC[C@@H]4C(=O)N(Cc5ccccc5)C(=O)[C@@H]43)[C@@H]2c2ccc(O)c3ccccc23)C1=O. The molecule has 1 heterocycles. The lowest BCUT2D eigenvalue weighted by molar-refractivity contribution is -0.140. The lowest BCUT2D eigenvalue weighted by Gasteiger charge is -2.42. The number of carbonyl (C=O) groups excluding carboxylic acids is 4. The van der Waals surface area contributed by atoms with Gasteiger partial charge in [-0.3, -0.25) is 24.1 Å². The van der Waals surface area contributed by atoms with E-state index in [-0.39, 0.29) is 48.0 Å². The average Bonchev–Trinajstić information content (AvgIpc) is 3.21. The summed E-state index contributed by atoms with van der Waals surface area (Å²) < 4.78 is 0. The van der Waals surface area contributed by atoms with Crippen LogP contribution in [0.5, 0.6) is 5.75 Å². The Hall–Kier alpha value is -4.58. The highest BCUT2D eigenvalue weighted by Crippen LogP contribution is 2.56. The van der Waals surface area contributed by atoms with Crippen LogP contribution in [0.2, 0.25) is 0 Å². The van der Waals surface area contributed by atoms with Crippen molar-refractivity contribution in [1.29, 1.82) is 0 Å². The molecule has 3 aromatic carbocycles. The number of Topliss-reactive ketones (excluding diaryl/α,β-unsaturated/α-hetero) is 1. The highest BCUT2D eigenvalue weighted by molar-refractivity contribution is 6.24. The summed E-state index contributed by atoms with van der Waals surface area (Å²) in [5.41, 5.74) is 3.88. The summed E-state index contributed by atoms with van der Waals surface area (Å²) in [7, 11) is 0. The van der Waals surface area contributed by atoms with E-state index in [4.69, 9.17) is 0 Å². The average molecular weight is 530 g/mol. The number of hydrogen-bond acceptors (Lipinski definition) is 5. The maximum absolute atomic E-state index is 13.9. The molecule has 7 rings (SSSR count). The molecule has 6 heteroatoms. The maximum atomic E-state index is 13.9. The number of imide groups is 1. The molecule has 3 aromatic rings. The fraction of sp³-hybridized carbons (Fsp3) is 0.235. The summed E-state index contributed by atoms with van der Waals surface area (Å²) in [4.78, 5) is 55.9. The van der Waals surface area contributed by atoms with Gasteiger partial charge in [0.25, 0.3) is 0 Å². The van der Waals surface area contributed by atoms with Crippen LogP contribution in [0.25, 0.3) is 10.8 Å². The number of benzene rings is 3. The van der Waals surface area contributed by atoms with Gasteiger partial charge in [-0.25, -0.2) is 0 Å². The third-order valence-corrected chi connectivity index (χ3v) is 9.08. The lowest BCUT2D eigenvalue weighted by Crippen LogP contribution is -2.39. The maximum Gasteiger partial charge on any atom is 0.234 e. The summed E-state index contributed by atoms with van der Waals surface area (Å²) in [6, 6.07) is 20.4. The first-order valence-corrected chi connectivity index (χ1v) is 13.6. The molecule has 1 fully saturated rings. The minimum atomic E-state index is -0.592. The van der Waals surface area contributed by atoms with E-state index in [0.717, 1.165) is 22.1 Å². The molecule has 0 saturated carbocycles. The number of amides is 2. The number of hydrogen-bond donors (Lipinski definition) is 1. The second-order valence-corrected chi connectivity index (χ2v) is 11.2. The number of carbonyl (C=O) groups is 4. The Kier molecular flexibility index (Phi) is 5.49. The molecule has 1 aliphatic heterocycles. The number of nitrogens with zero attached hydrogens (tertiary/aromatic N) is 1. The number of allylic oxidation sites excluding steroid dienone is 6. The highest BCUT2D eigenvalue weighted by atomic mass is 16.3. The van der Waals surface area contributed by atoms with Crippen molar-refractivity contribution < 1.29 is 24.3 Å². The van der Waals surface area contributed by atoms with Gasteiger partial charge in [0, 0.05) is 28.0 Å². The predicted octanol–water partition coefficient (Wildman–Crippen LogP) is 5.18. The van der Waals surface area contributed by atoms with Crippen LogP contribution < -0.4 is 0 Å². The molecule has 1 N–H and O–H groups in total. The summed E-state index contributed by atoms with van der Waals surface area (Å²) in [6.07, 6.45) is 4.10. The van der Waals surface area contributed by atoms with Crippen LogP contribution in [0.15, 0.2) is 101 Å². The largest absolute Gasteiger partial charge is 0.507 e. The van der Waals surface area contributed by atoms with E-state index < -0.39 is 17.8 Å². The van der Waals surface area contributed by atoms with Crippen LogP contribution in [0, 0.1) is 17.8 Å². The van der Waals surface area contributed by atoms with E-state index in [9.17, 15) is 24.3 Å². The normalized spacial score (nSPS) is 26.0. The second kappa shape index (κ2) is 8.98. The highest BCUT2D eigenvalue weighted by Gasteiger charge is 2.56. The molecule has 4 aliphatic rings. The molecular formula is C34H27NO5. The van der Waals surface area contributed by atoms with Crippen LogP contribution in [-0.4, -0.2) is 33.4 Å². The van der Waals surface area contributed by atoms with Crippen molar-refractivity contribution in [3.8, 4) is 5.75 Å². The first-order valence-electron chi connectivity index (χ1n) is 13.6. The quantitative estimate of drug-likeness (QED) is 0.287. The fourth-order valence-electron chi connectivity index (χ4n) is 7.28. The van der Waals surface area contributed by atoms with Gasteiger partial charge in [0.1, 0.15) is 5.75 Å². The number of likely N-dealkylation sites (tertiary alicyclic amines) is 1. The van der Waals surface area contributed by atoms with E-state index >= 15 is 0 Å². The van der Waals surface area contributed by atoms with E-state index in [1.54, 1.807) is 13.0 Å². The first-order chi connectivity index (χ1) is 19.3. The molecule has 0 unspecified atom stereocenters. The summed E-state index contributed by atoms with van der Waals surface area (Å²) in [6.45, 7) is 1.86. The number of fused-ring (bicyclic) bond motifs is 4. The van der Waals surface area contributed by atoms with Gasteiger partial charge in [-0.05, 0) is 54.3 Å². The molecule has 0 aromatic heterocycles. The molecular weight excluding hydrogens is 502 g/mol. The van der Waals surface area contributed by atoms with Crippen molar-refractivity contribution in [3.05, 3.63) is 112 Å². The number of phenolic OH excluding ortho intramolecular Hbond substituents is 1. The lowest BCUT2D eigenvalue weighted by atomic mass is 9.59. The van der Waals surface area contributed by atoms with Crippen LogP contribution in [-0.2, 0) is 25.7 Å². The standard InChI is InChI=1S/C34H27NO5/c1-18-15-28(37)31-26(32(18)38)16-25-23(29(31)22-13-14-27(36)21-10-6-5-9-20(21)22)11-12-24-30(25)34(40)35(33(24)39)17-19-7-3-2-4-8-19/h2-11,13-15,24-25,29-30,36H,12,16-17H2,1H3/t24-,25+,29-,30-/m0/s1. The molecule has 6 nitrogen and oxygen atoms in total. The Labute approximate surface area is 231 Å². The Bertz CT molecular complexity index is 1740. The van der Waals surface area contributed by atoms with E-state index in [1.165, 1.54) is 11.0 Å². The zero-order valence-electron chi connectivity index (χ0n) is 22.0. The van der Waals surface area contributed by atoms with Gasteiger partial charge in [-0.1, -0.05) is 72.3 Å².